The molecule has 1 aromatic carbocycles. The summed E-state index contributed by atoms with van der Waals surface area (Å²) in [7, 11) is 0. The molecule has 0 aliphatic carbocycles. The molecule has 1 fully saturated rings. The summed E-state index contributed by atoms with van der Waals surface area (Å²) in [6.07, 6.45) is 4.18. The van der Waals surface area contributed by atoms with E-state index in [0.29, 0.717) is 10.5 Å². The fraction of sp³-hybridized carbons (Fsp3) is 0.200. The van der Waals surface area contributed by atoms with Crippen molar-refractivity contribution in [2.75, 3.05) is 4.90 Å². The second-order valence-corrected chi connectivity index (χ2v) is 5.38. The first-order chi connectivity index (χ1) is 10.3. The highest BCUT2D eigenvalue weighted by Gasteiger charge is 2.39. The Labute approximate surface area is 134 Å². The number of carbonyl (C=O) groups excluding carboxylic acids is 2. The minimum atomic E-state index is -0.948. The van der Waals surface area contributed by atoms with Crippen molar-refractivity contribution >= 4 is 33.6 Å². The van der Waals surface area contributed by atoms with Crippen LogP contribution in [0, 0.1) is 18.2 Å². The van der Waals surface area contributed by atoms with Gasteiger partial charge in [-0.2, -0.15) is 0 Å². The van der Waals surface area contributed by atoms with Crippen molar-refractivity contribution in [2.24, 2.45) is 0 Å². The Bertz CT molecular complexity index is 719. The molecule has 2 rings (SSSR count). The van der Waals surface area contributed by atoms with Crippen molar-refractivity contribution in [3.05, 3.63) is 35.3 Å². The van der Waals surface area contributed by atoms with E-state index in [-0.39, 0.29) is 17.2 Å². The molecule has 0 N–H and O–H groups in total. The van der Waals surface area contributed by atoms with Crippen LogP contribution in [-0.2, 0) is 9.53 Å². The molecule has 1 aliphatic heterocycles. The van der Waals surface area contributed by atoms with E-state index in [2.05, 4.69) is 21.9 Å². The van der Waals surface area contributed by atoms with Gasteiger partial charge in [0.05, 0.1) is 5.69 Å². The van der Waals surface area contributed by atoms with Gasteiger partial charge in [0.2, 0.25) is 5.01 Å². The van der Waals surface area contributed by atoms with Gasteiger partial charge < -0.3 is 9.47 Å². The molecule has 5 nitrogen and oxygen atoms in total. The van der Waals surface area contributed by atoms with Crippen molar-refractivity contribution in [3.63, 3.8) is 0 Å². The summed E-state index contributed by atoms with van der Waals surface area (Å²) in [6.45, 7) is 3.24. The highest BCUT2D eigenvalue weighted by molar-refractivity contribution is 9.09. The first-order valence-electron chi connectivity index (χ1n) is 6.15. The van der Waals surface area contributed by atoms with Crippen LogP contribution in [0.25, 0.3) is 0 Å². The van der Waals surface area contributed by atoms with Gasteiger partial charge in [-0.3, -0.25) is 4.79 Å². The average molecular weight is 368 g/mol. The number of allylic oxidation sites excluding steroid dienone is 1. The number of halogens is 2. The van der Waals surface area contributed by atoms with Crippen molar-refractivity contribution in [1.29, 1.82) is 0 Å². The van der Waals surface area contributed by atoms with E-state index in [1.807, 2.05) is 0 Å². The van der Waals surface area contributed by atoms with Gasteiger partial charge in [0.1, 0.15) is 5.75 Å². The van der Waals surface area contributed by atoms with E-state index in [0.717, 1.165) is 6.07 Å². The normalized spacial score (nSPS) is 15.4. The molecule has 1 aliphatic rings. The number of benzene rings is 1. The van der Waals surface area contributed by atoms with Gasteiger partial charge in [-0.05, 0) is 47.5 Å². The summed E-state index contributed by atoms with van der Waals surface area (Å²) in [5.41, 5.74) is 0.308. The number of hydrogen-bond acceptors (Lipinski definition) is 4. The maximum absolute atomic E-state index is 14.2. The lowest BCUT2D eigenvalue weighted by Crippen LogP contribution is -2.29. The van der Waals surface area contributed by atoms with Crippen LogP contribution in [0.4, 0.5) is 14.9 Å². The van der Waals surface area contributed by atoms with Crippen molar-refractivity contribution in [1.82, 2.24) is 0 Å². The van der Waals surface area contributed by atoms with Crippen molar-refractivity contribution in [3.8, 4) is 18.1 Å². The lowest BCUT2D eigenvalue weighted by atomic mass is 10.2. The number of nitrogens with zero attached hydrogens (tertiary/aromatic N) is 1. The predicted molar refractivity (Wildman–Crippen MR) is 80.9 cm³/mol. The smallest absolute Gasteiger partial charge is 0.427 e. The molecule has 7 heteroatoms. The summed E-state index contributed by atoms with van der Waals surface area (Å²) in [4.78, 5) is 24.5. The second kappa shape index (κ2) is 6.20. The summed E-state index contributed by atoms with van der Waals surface area (Å²) in [6, 6.07) is 3.67. The van der Waals surface area contributed by atoms with Gasteiger partial charge in [-0.1, -0.05) is 5.92 Å². The van der Waals surface area contributed by atoms with Crippen molar-refractivity contribution in [2.45, 2.75) is 18.9 Å². The molecule has 1 atom stereocenters. The standard InChI is InChI=1S/C15H11BrFNO4/c1-4-12(16)21-9-5-6-11(10(17)7-9)18-14(19)13(8(2)3)22-15(18)20/h1,5-7,12H,2-3H3. The van der Waals surface area contributed by atoms with E-state index >= 15 is 0 Å². The Morgan fingerprint density at radius 2 is 2.14 bits per heavy atom. The van der Waals surface area contributed by atoms with E-state index in [1.54, 1.807) is 13.8 Å². The number of anilines is 1. The zero-order valence-electron chi connectivity index (χ0n) is 11.7. The fourth-order valence-corrected chi connectivity index (χ4v) is 2.00. The Hall–Kier alpha value is -2.33. The summed E-state index contributed by atoms with van der Waals surface area (Å²) in [5.74, 6) is 0.799. The van der Waals surface area contributed by atoms with Crippen molar-refractivity contribution < 1.29 is 23.5 Å². The number of ether oxygens (including phenoxy) is 2. The maximum Gasteiger partial charge on any atom is 0.427 e. The number of alkyl halides is 1. The van der Waals surface area contributed by atoms with E-state index in [9.17, 15) is 14.0 Å². The third-order valence-electron chi connectivity index (χ3n) is 2.75. The van der Waals surface area contributed by atoms with Gasteiger partial charge in [-0.25, -0.2) is 14.1 Å². The van der Waals surface area contributed by atoms with Gasteiger partial charge >= 0.3 is 12.0 Å². The SMILES string of the molecule is C#CC(Br)Oc1ccc(N2C(=O)OC(=C(C)C)C2=O)c(F)c1. The topological polar surface area (TPSA) is 55.8 Å². The molecule has 1 saturated heterocycles. The largest absolute Gasteiger partial charge is 0.467 e. The predicted octanol–water partition coefficient (Wildman–Crippen LogP) is 3.34. The lowest BCUT2D eigenvalue weighted by Gasteiger charge is -2.13. The van der Waals surface area contributed by atoms with Gasteiger partial charge in [0, 0.05) is 6.07 Å². The molecule has 1 heterocycles. The zero-order chi connectivity index (χ0) is 16.4. The Morgan fingerprint density at radius 3 is 2.64 bits per heavy atom. The van der Waals surface area contributed by atoms with Gasteiger partial charge in [-0.15, -0.1) is 6.42 Å². The maximum atomic E-state index is 14.2. The van der Waals surface area contributed by atoms with Crippen LogP contribution >= 0.6 is 15.9 Å². The molecule has 0 saturated carbocycles. The summed E-state index contributed by atoms with van der Waals surface area (Å²) in [5, 5.41) is -0.714. The first-order valence-corrected chi connectivity index (χ1v) is 7.07. The number of cyclic esters (lactones) is 1. The Kier molecular flexibility index (Phi) is 4.52. The molecule has 1 aromatic rings. The lowest BCUT2D eigenvalue weighted by molar-refractivity contribution is -0.114. The molecule has 22 heavy (non-hydrogen) atoms. The molecule has 0 radical (unpaired) electrons. The molecular weight excluding hydrogens is 357 g/mol. The fourth-order valence-electron chi connectivity index (χ4n) is 1.78. The molecule has 114 valence electrons. The van der Waals surface area contributed by atoms with Crippen LogP contribution in [0.15, 0.2) is 29.5 Å². The van der Waals surface area contributed by atoms with E-state index < -0.39 is 22.8 Å². The van der Waals surface area contributed by atoms with E-state index in [1.165, 1.54) is 12.1 Å². The highest BCUT2D eigenvalue weighted by atomic mass is 79.9. The third-order valence-corrected chi connectivity index (χ3v) is 3.21. The van der Waals surface area contributed by atoms with Crippen LogP contribution in [0.3, 0.4) is 0 Å². The molecule has 0 aromatic heterocycles. The molecule has 1 unspecified atom stereocenters. The quantitative estimate of drug-likeness (QED) is 0.467. The van der Waals surface area contributed by atoms with Gasteiger partial charge in [0.15, 0.2) is 11.6 Å². The number of carbonyl (C=O) groups is 2. The molecule has 2 amide bonds. The van der Waals surface area contributed by atoms with Crippen LogP contribution in [-0.4, -0.2) is 17.0 Å². The van der Waals surface area contributed by atoms with Crippen LogP contribution in [0.2, 0.25) is 0 Å². The van der Waals surface area contributed by atoms with Gasteiger partial charge in [0.25, 0.3) is 0 Å². The van der Waals surface area contributed by atoms with Crippen LogP contribution < -0.4 is 9.64 Å². The average Bonchev–Trinajstić information content (AvgIpc) is 2.75. The Balaban J connectivity index is 2.35. The monoisotopic (exact) mass is 367 g/mol. The highest BCUT2D eigenvalue weighted by Crippen LogP contribution is 2.31. The third kappa shape index (κ3) is 2.97. The minimum Gasteiger partial charge on any atom is -0.467 e. The number of terminal acetylenes is 1. The van der Waals surface area contributed by atoms with Crippen LogP contribution in [0.1, 0.15) is 13.8 Å². The zero-order valence-corrected chi connectivity index (χ0v) is 13.3. The van der Waals surface area contributed by atoms with E-state index in [4.69, 9.17) is 15.9 Å². The Morgan fingerprint density at radius 1 is 1.45 bits per heavy atom. The molecular formula is C15H11BrFNO4. The number of rotatable bonds is 3. The van der Waals surface area contributed by atoms with Crippen LogP contribution in [0.5, 0.6) is 5.75 Å². The number of hydrogen-bond donors (Lipinski definition) is 0. The molecule has 0 spiro atoms. The summed E-state index contributed by atoms with van der Waals surface area (Å²) < 4.78 is 24.2. The number of amides is 2. The minimum absolute atomic E-state index is 0.0995. The summed E-state index contributed by atoms with van der Waals surface area (Å²) >= 11 is 3.04. The first kappa shape index (κ1) is 16.0. The second-order valence-electron chi connectivity index (χ2n) is 4.55. The number of imide groups is 1. The molecule has 0 bridgehead atoms.